The number of aromatic nitrogens is 4. The second-order valence-electron chi connectivity index (χ2n) is 13.1. The largest absolute Gasteiger partial charge is 0.354 e. The molecule has 4 aromatic carbocycles. The molecule has 0 atom stereocenters. The van der Waals surface area contributed by atoms with E-state index in [4.69, 9.17) is 79.6 Å². The van der Waals surface area contributed by atoms with Crippen LogP contribution in [0.1, 0.15) is 22.8 Å². The number of nitro groups is 1. The quantitative estimate of drug-likeness (QED) is 0.133. The number of nitrogens with zero attached hydrogens (tertiary/aromatic N) is 3. The van der Waals surface area contributed by atoms with E-state index in [0.29, 0.717) is 119 Å². The molecule has 7 nitrogen and oxygen atoms in total. The summed E-state index contributed by atoms with van der Waals surface area (Å²) in [5.41, 5.74) is 9.83. The molecule has 2 N–H and O–H groups in total. The van der Waals surface area contributed by atoms with Crippen molar-refractivity contribution in [1.29, 1.82) is 0 Å². The molecule has 0 spiro atoms. The summed E-state index contributed by atoms with van der Waals surface area (Å²) >= 11 is 41.6. The number of nitro benzene ring substituents is 1. The zero-order valence-electron chi connectivity index (χ0n) is 29.1. The first-order valence-electron chi connectivity index (χ1n) is 17.3. The number of H-pyrrole nitrogens is 2. The number of fused-ring (bicyclic) bond motifs is 8. The maximum atomic E-state index is 11.7. The molecule has 0 saturated carbocycles. The molecule has 57 heavy (non-hydrogen) atoms. The molecule has 13 heteroatoms. The number of non-ortho nitro benzene ring substituents is 1. The monoisotopic (exact) mass is 863 g/mol. The van der Waals surface area contributed by atoms with E-state index in [-0.39, 0.29) is 5.69 Å². The second kappa shape index (κ2) is 14.8. The van der Waals surface area contributed by atoms with Crippen molar-refractivity contribution in [3.05, 3.63) is 166 Å². The molecule has 5 heterocycles. The molecule has 7 aromatic rings. The van der Waals surface area contributed by atoms with Gasteiger partial charge in [0.25, 0.3) is 5.69 Å². The third-order valence-electron chi connectivity index (χ3n) is 9.76. The van der Waals surface area contributed by atoms with Gasteiger partial charge in [0.15, 0.2) is 0 Å². The fraction of sp³-hybridized carbons (Fsp3) is 0. The van der Waals surface area contributed by atoms with Gasteiger partial charge in [0, 0.05) is 73.1 Å². The Labute approximate surface area is 355 Å². The lowest BCUT2D eigenvalue weighted by Crippen LogP contribution is -1.92. The van der Waals surface area contributed by atoms with Crippen LogP contribution in [0.25, 0.3) is 90.9 Å². The summed E-state index contributed by atoms with van der Waals surface area (Å²) in [6.45, 7) is 0. The van der Waals surface area contributed by atoms with Crippen molar-refractivity contribution in [2.45, 2.75) is 0 Å². The highest BCUT2D eigenvalue weighted by atomic mass is 35.5. The van der Waals surface area contributed by atoms with Crippen molar-refractivity contribution in [3.63, 3.8) is 0 Å². The van der Waals surface area contributed by atoms with E-state index in [2.05, 4.69) is 9.97 Å². The fourth-order valence-corrected chi connectivity index (χ4v) is 9.02. The normalized spacial score (nSPS) is 12.0. The molecule has 0 unspecified atom stereocenters. The van der Waals surface area contributed by atoms with Crippen LogP contribution in [-0.4, -0.2) is 24.9 Å². The lowest BCUT2D eigenvalue weighted by Gasteiger charge is -2.11. The number of hydrogen-bond donors (Lipinski definition) is 2. The molecule has 0 aliphatic carbocycles. The van der Waals surface area contributed by atoms with Crippen LogP contribution in [0.15, 0.2) is 103 Å². The Kier molecular flexibility index (Phi) is 9.69. The van der Waals surface area contributed by atoms with Gasteiger partial charge in [-0.1, -0.05) is 87.8 Å². The number of aromatic amines is 2. The van der Waals surface area contributed by atoms with E-state index in [9.17, 15) is 10.1 Å². The molecular formula is C44H23Cl6N5O2. The second-order valence-corrected chi connectivity index (χ2v) is 15.5. The van der Waals surface area contributed by atoms with Crippen molar-refractivity contribution < 1.29 is 4.92 Å². The van der Waals surface area contributed by atoms with Gasteiger partial charge in [0.1, 0.15) is 0 Å². The zero-order valence-corrected chi connectivity index (χ0v) is 33.6. The predicted molar refractivity (Wildman–Crippen MR) is 237 cm³/mol. The highest BCUT2D eigenvalue weighted by molar-refractivity contribution is 6.41. The Morgan fingerprint density at radius 1 is 0.404 bits per heavy atom. The van der Waals surface area contributed by atoms with Gasteiger partial charge in [-0.05, 0) is 103 Å². The van der Waals surface area contributed by atoms with E-state index in [1.165, 1.54) is 12.1 Å². The van der Waals surface area contributed by atoms with E-state index in [1.807, 2.05) is 48.6 Å². The summed E-state index contributed by atoms with van der Waals surface area (Å²) in [6.07, 6.45) is 7.57. The van der Waals surface area contributed by atoms with E-state index in [0.717, 1.165) is 0 Å². The van der Waals surface area contributed by atoms with Crippen LogP contribution >= 0.6 is 69.6 Å². The minimum absolute atomic E-state index is 0.0428. The summed E-state index contributed by atoms with van der Waals surface area (Å²) in [6, 6.07) is 30.0. The van der Waals surface area contributed by atoms with Gasteiger partial charge in [0.2, 0.25) is 0 Å². The minimum atomic E-state index is -0.434. The first kappa shape index (κ1) is 37.2. The molecule has 9 rings (SSSR count). The van der Waals surface area contributed by atoms with Gasteiger partial charge in [-0.15, -0.1) is 0 Å². The highest BCUT2D eigenvalue weighted by Gasteiger charge is 2.23. The van der Waals surface area contributed by atoms with Gasteiger partial charge in [-0.3, -0.25) is 10.1 Å². The molecule has 0 radical (unpaired) electrons. The standard InChI is InChI=1S/C44H23Cl6N5O2/c45-24-4-1-5-25(46)39(24)42-32-16-14-30(51-32)38(22-10-12-23(13-11-22)55(56)57)31-15-17-33(52-31)43(40-26(47)6-2-7-27(40)48)35-19-21-37(54-35)44(36-20-18-34(42)53-36)41-28(49)8-3-9-29(41)50/h1-21,51,54H. The highest BCUT2D eigenvalue weighted by Crippen LogP contribution is 2.45. The third kappa shape index (κ3) is 6.60. The van der Waals surface area contributed by atoms with E-state index in [1.54, 1.807) is 66.7 Å². The van der Waals surface area contributed by atoms with Crippen molar-refractivity contribution in [2.75, 3.05) is 0 Å². The molecule has 0 saturated heterocycles. The van der Waals surface area contributed by atoms with Crippen molar-refractivity contribution in [1.82, 2.24) is 19.9 Å². The lowest BCUT2D eigenvalue weighted by atomic mass is 10.0. The van der Waals surface area contributed by atoms with Crippen LogP contribution in [0.4, 0.5) is 5.69 Å². The van der Waals surface area contributed by atoms with E-state index < -0.39 is 4.92 Å². The molecule has 0 amide bonds. The molecule has 2 aliphatic rings. The first-order valence-corrected chi connectivity index (χ1v) is 19.6. The number of hydrogen-bond acceptors (Lipinski definition) is 4. The van der Waals surface area contributed by atoms with Crippen molar-refractivity contribution in [3.8, 4) is 44.5 Å². The summed E-state index contributed by atoms with van der Waals surface area (Å²) in [5, 5.41) is 14.2. The van der Waals surface area contributed by atoms with Crippen LogP contribution < -0.4 is 0 Å². The maximum absolute atomic E-state index is 11.7. The number of benzene rings is 4. The number of nitrogens with one attached hydrogen (secondary N) is 2. The SMILES string of the molecule is O=[N+]([O-])c1ccc(-c2c3nc(c(-c4c(Cl)cccc4Cl)c4ccc([nH]4)c(-c4c(Cl)cccc4Cl)c4nc(c(-c5c(Cl)cccc5Cl)c5ccc2[nH]5)C=C4)C=C3)cc1. The summed E-state index contributed by atoms with van der Waals surface area (Å²) in [7, 11) is 0. The molecule has 2 aliphatic heterocycles. The molecule has 8 bridgehead atoms. The number of halogens is 6. The van der Waals surface area contributed by atoms with Crippen LogP contribution in [0.5, 0.6) is 0 Å². The van der Waals surface area contributed by atoms with Crippen molar-refractivity contribution >= 4 is 122 Å². The lowest BCUT2D eigenvalue weighted by molar-refractivity contribution is -0.384. The average Bonchev–Trinajstić information content (AvgIpc) is 4.03. The van der Waals surface area contributed by atoms with Gasteiger partial charge in [0.05, 0.1) is 57.8 Å². The van der Waals surface area contributed by atoms with Crippen LogP contribution in [0, 0.1) is 10.1 Å². The van der Waals surface area contributed by atoms with Gasteiger partial charge < -0.3 is 9.97 Å². The molecular weight excluding hydrogens is 843 g/mol. The summed E-state index contributed by atoms with van der Waals surface area (Å²) in [4.78, 5) is 28.9. The van der Waals surface area contributed by atoms with Crippen LogP contribution in [0.3, 0.4) is 0 Å². The van der Waals surface area contributed by atoms with Crippen LogP contribution in [0.2, 0.25) is 30.1 Å². The van der Waals surface area contributed by atoms with E-state index >= 15 is 0 Å². The zero-order chi connectivity index (χ0) is 39.5. The Morgan fingerprint density at radius 2 is 0.702 bits per heavy atom. The molecule has 278 valence electrons. The maximum Gasteiger partial charge on any atom is 0.269 e. The number of rotatable bonds is 5. The Hall–Kier alpha value is -5.38. The Bertz CT molecular complexity index is 2970. The molecule has 3 aromatic heterocycles. The summed E-state index contributed by atoms with van der Waals surface area (Å²) < 4.78 is 0. The topological polar surface area (TPSA) is 100 Å². The average molecular weight is 866 g/mol. The molecule has 0 fully saturated rings. The predicted octanol–water partition coefficient (Wildman–Crippen LogP) is 15.2. The van der Waals surface area contributed by atoms with Gasteiger partial charge in [-0.25, -0.2) is 9.97 Å². The minimum Gasteiger partial charge on any atom is -0.354 e. The third-order valence-corrected chi connectivity index (χ3v) is 11.6. The van der Waals surface area contributed by atoms with Crippen LogP contribution in [-0.2, 0) is 0 Å². The van der Waals surface area contributed by atoms with Gasteiger partial charge >= 0.3 is 0 Å². The fourth-order valence-electron chi connectivity index (χ4n) is 7.26. The smallest absolute Gasteiger partial charge is 0.269 e. The first-order chi connectivity index (χ1) is 27.6. The van der Waals surface area contributed by atoms with Gasteiger partial charge in [-0.2, -0.15) is 0 Å². The Morgan fingerprint density at radius 3 is 1.02 bits per heavy atom. The van der Waals surface area contributed by atoms with Crippen molar-refractivity contribution in [2.24, 2.45) is 0 Å². The summed E-state index contributed by atoms with van der Waals surface area (Å²) in [5.74, 6) is 0. The Balaban J connectivity index is 1.51.